The van der Waals surface area contributed by atoms with Crippen LogP contribution in [0.3, 0.4) is 0 Å². The van der Waals surface area contributed by atoms with E-state index >= 15 is 0 Å². The second-order valence-corrected chi connectivity index (χ2v) is 8.40. The maximum atomic E-state index is 8.93. The van der Waals surface area contributed by atoms with E-state index in [1.165, 1.54) is 12.8 Å². The van der Waals surface area contributed by atoms with Gasteiger partial charge < -0.3 is 9.73 Å². The van der Waals surface area contributed by atoms with Gasteiger partial charge in [-0.1, -0.05) is 75.2 Å². The van der Waals surface area contributed by atoms with E-state index in [9.17, 15) is 0 Å². The highest BCUT2D eigenvalue weighted by Gasteiger charge is 2.16. The van der Waals surface area contributed by atoms with Crippen molar-refractivity contribution in [2.24, 2.45) is 17.8 Å². The van der Waals surface area contributed by atoms with Gasteiger partial charge in [-0.05, 0) is 36.7 Å². The van der Waals surface area contributed by atoms with Crippen LogP contribution < -0.4 is 5.32 Å². The van der Waals surface area contributed by atoms with Gasteiger partial charge in [0.05, 0.1) is 6.20 Å². The third-order valence-corrected chi connectivity index (χ3v) is 4.63. The number of fused-ring (bicyclic) bond motifs is 1. The van der Waals surface area contributed by atoms with Gasteiger partial charge in [0.1, 0.15) is 11.9 Å². The molecule has 29 heavy (non-hydrogen) atoms. The zero-order chi connectivity index (χ0) is 22.4. The summed E-state index contributed by atoms with van der Waals surface area (Å²) in [5, 5.41) is 13.4. The Bertz CT molecular complexity index is 700. The lowest BCUT2D eigenvalue weighted by molar-refractivity contribution is 0.397. The molecule has 0 aromatic carbocycles. The fourth-order valence-corrected chi connectivity index (χ4v) is 2.81. The average molecular weight is 402 g/mol. The van der Waals surface area contributed by atoms with E-state index in [1.807, 2.05) is 26.0 Å². The Morgan fingerprint density at radius 3 is 1.97 bits per heavy atom. The van der Waals surface area contributed by atoms with Crippen molar-refractivity contribution in [3.63, 3.8) is 0 Å². The standard InChI is InChI=1S/C19H27N3O.C4H10.C2H6/c1-5-13(3)7-16(8-14(4)6-2)22-19-10-15-9-17(11-20)23-18(15)12-21-19;1-4(2)3;1-2/h9-10,12-14,16H,5-8H2,1-4H3,(H,21,22);4H,1-3H3;1-2H3. The molecule has 0 saturated carbocycles. The second-order valence-electron chi connectivity index (χ2n) is 8.40. The zero-order valence-electron chi connectivity index (χ0n) is 20.2. The summed E-state index contributed by atoms with van der Waals surface area (Å²) in [6, 6.07) is 6.19. The summed E-state index contributed by atoms with van der Waals surface area (Å²) in [7, 11) is 0. The molecule has 0 radical (unpaired) electrons. The first-order chi connectivity index (χ1) is 13.8. The fraction of sp³-hybridized carbons (Fsp3) is 0.680. The van der Waals surface area contributed by atoms with Crippen LogP contribution in [0, 0.1) is 29.1 Å². The van der Waals surface area contributed by atoms with Crippen molar-refractivity contribution >= 4 is 16.8 Å². The number of rotatable bonds is 8. The maximum Gasteiger partial charge on any atom is 0.204 e. The molecule has 0 aliphatic carbocycles. The molecule has 2 aromatic rings. The first-order valence-corrected chi connectivity index (χ1v) is 11.3. The largest absolute Gasteiger partial charge is 0.444 e. The summed E-state index contributed by atoms with van der Waals surface area (Å²) in [6.45, 7) is 19.6. The molecule has 0 aliphatic heterocycles. The Balaban J connectivity index is 0.00000116. The number of nitrogens with one attached hydrogen (secondary N) is 1. The molecule has 0 aliphatic rings. The van der Waals surface area contributed by atoms with Gasteiger partial charge in [0.2, 0.25) is 5.76 Å². The number of hydrogen-bond acceptors (Lipinski definition) is 4. The molecule has 0 bridgehead atoms. The Morgan fingerprint density at radius 2 is 1.52 bits per heavy atom. The van der Waals surface area contributed by atoms with Crippen LogP contribution in [-0.4, -0.2) is 11.0 Å². The zero-order valence-corrected chi connectivity index (χ0v) is 20.2. The second kappa shape index (κ2) is 14.9. The normalized spacial score (nSPS) is 13.4. The van der Waals surface area contributed by atoms with Crippen LogP contribution in [0.5, 0.6) is 0 Å². The molecular formula is C25H43N3O. The Morgan fingerprint density at radius 1 is 1.00 bits per heavy atom. The van der Waals surface area contributed by atoms with Crippen LogP contribution in [-0.2, 0) is 0 Å². The predicted octanol–water partition coefficient (Wildman–Crippen LogP) is 8.04. The molecule has 0 saturated heterocycles. The van der Waals surface area contributed by atoms with Crippen molar-refractivity contribution in [1.29, 1.82) is 5.26 Å². The molecule has 2 unspecified atom stereocenters. The average Bonchev–Trinajstić information content (AvgIpc) is 3.11. The maximum absolute atomic E-state index is 8.93. The highest BCUT2D eigenvalue weighted by molar-refractivity contribution is 5.80. The van der Waals surface area contributed by atoms with E-state index in [1.54, 1.807) is 12.3 Å². The monoisotopic (exact) mass is 401 g/mol. The highest BCUT2D eigenvalue weighted by atomic mass is 16.3. The van der Waals surface area contributed by atoms with Gasteiger partial charge in [0.25, 0.3) is 0 Å². The Hall–Kier alpha value is -2.02. The van der Waals surface area contributed by atoms with Crippen LogP contribution in [0.25, 0.3) is 11.0 Å². The van der Waals surface area contributed by atoms with Crippen molar-refractivity contribution < 1.29 is 4.42 Å². The number of aromatic nitrogens is 1. The lowest BCUT2D eigenvalue weighted by Crippen LogP contribution is -2.25. The summed E-state index contributed by atoms with van der Waals surface area (Å²) in [4.78, 5) is 4.45. The summed E-state index contributed by atoms with van der Waals surface area (Å²) in [6.07, 6.45) is 6.38. The molecule has 4 nitrogen and oxygen atoms in total. The Kier molecular flexibility index (Phi) is 13.9. The van der Waals surface area contributed by atoms with Crippen LogP contribution in [0.2, 0.25) is 0 Å². The van der Waals surface area contributed by atoms with Crippen molar-refractivity contribution in [2.45, 2.75) is 94.0 Å². The molecule has 4 heteroatoms. The minimum atomic E-state index is 0.328. The highest BCUT2D eigenvalue weighted by Crippen LogP contribution is 2.24. The van der Waals surface area contributed by atoms with Gasteiger partial charge in [-0.25, -0.2) is 4.98 Å². The molecule has 2 rings (SSSR count). The molecule has 164 valence electrons. The van der Waals surface area contributed by atoms with Crippen LogP contribution in [0.4, 0.5) is 5.82 Å². The van der Waals surface area contributed by atoms with Gasteiger partial charge in [-0.2, -0.15) is 5.26 Å². The summed E-state index contributed by atoms with van der Waals surface area (Å²) < 4.78 is 5.39. The van der Waals surface area contributed by atoms with Crippen molar-refractivity contribution in [3.05, 3.63) is 24.1 Å². The molecule has 1 N–H and O–H groups in total. The predicted molar refractivity (Wildman–Crippen MR) is 126 cm³/mol. The SMILES string of the molecule is CC.CC(C)C.CCC(C)CC(CC(C)CC)Nc1cc2cc(C#N)oc2cn1. The summed E-state index contributed by atoms with van der Waals surface area (Å²) >= 11 is 0. The van der Waals surface area contributed by atoms with Crippen molar-refractivity contribution in [1.82, 2.24) is 4.98 Å². The smallest absolute Gasteiger partial charge is 0.204 e. The number of pyridine rings is 1. The van der Waals surface area contributed by atoms with E-state index in [0.717, 1.165) is 30.0 Å². The molecule has 0 spiro atoms. The van der Waals surface area contributed by atoms with E-state index in [0.29, 0.717) is 29.2 Å². The van der Waals surface area contributed by atoms with Crippen LogP contribution >= 0.6 is 0 Å². The van der Waals surface area contributed by atoms with E-state index in [2.05, 4.69) is 58.8 Å². The van der Waals surface area contributed by atoms with E-state index in [-0.39, 0.29) is 0 Å². The summed E-state index contributed by atoms with van der Waals surface area (Å²) in [5.74, 6) is 3.41. The summed E-state index contributed by atoms with van der Waals surface area (Å²) in [5.41, 5.74) is 0.660. The Labute approximate surface area is 179 Å². The molecular weight excluding hydrogens is 358 g/mol. The topological polar surface area (TPSA) is 61.9 Å². The number of nitrogens with zero attached hydrogens (tertiary/aromatic N) is 2. The van der Waals surface area contributed by atoms with Gasteiger partial charge in [-0.3, -0.25) is 0 Å². The fourth-order valence-electron chi connectivity index (χ4n) is 2.81. The van der Waals surface area contributed by atoms with Gasteiger partial charge in [0.15, 0.2) is 5.58 Å². The van der Waals surface area contributed by atoms with Crippen molar-refractivity contribution in [2.75, 3.05) is 5.32 Å². The molecule has 2 heterocycles. The van der Waals surface area contributed by atoms with Gasteiger partial charge in [0, 0.05) is 17.5 Å². The lowest BCUT2D eigenvalue weighted by Gasteiger charge is -2.24. The van der Waals surface area contributed by atoms with E-state index < -0.39 is 0 Å². The molecule has 0 amide bonds. The molecule has 2 atom stereocenters. The number of hydrogen-bond donors (Lipinski definition) is 1. The van der Waals surface area contributed by atoms with Gasteiger partial charge >= 0.3 is 0 Å². The third-order valence-electron chi connectivity index (χ3n) is 4.63. The number of furan rings is 1. The minimum absolute atomic E-state index is 0.328. The number of nitriles is 1. The quantitative estimate of drug-likeness (QED) is 0.486. The third kappa shape index (κ3) is 10.9. The first-order valence-electron chi connectivity index (χ1n) is 11.3. The minimum Gasteiger partial charge on any atom is -0.444 e. The van der Waals surface area contributed by atoms with Crippen molar-refractivity contribution in [3.8, 4) is 6.07 Å². The van der Waals surface area contributed by atoms with Gasteiger partial charge in [-0.15, -0.1) is 0 Å². The van der Waals surface area contributed by atoms with E-state index in [4.69, 9.17) is 9.68 Å². The van der Waals surface area contributed by atoms with Crippen LogP contribution in [0.1, 0.15) is 93.8 Å². The lowest BCUT2D eigenvalue weighted by atomic mass is 9.91. The molecule has 2 aromatic heterocycles. The van der Waals surface area contributed by atoms with Crippen LogP contribution in [0.15, 0.2) is 22.7 Å². The molecule has 0 fully saturated rings. The number of anilines is 1. The first kappa shape index (κ1) is 27.0.